The van der Waals surface area contributed by atoms with Gasteiger partial charge in [0.2, 0.25) is 0 Å². The third-order valence-electron chi connectivity index (χ3n) is 3.75. The van der Waals surface area contributed by atoms with Gasteiger partial charge < -0.3 is 4.90 Å². The number of carbonyl (C=O) groups excluding carboxylic acids is 1. The lowest BCUT2D eigenvalue weighted by Gasteiger charge is -2.23. The molecule has 7 heteroatoms. The first kappa shape index (κ1) is 15.4. The molecular formula is C16H14ClN3O3. The van der Waals surface area contributed by atoms with Crippen LogP contribution in [0.3, 0.4) is 0 Å². The van der Waals surface area contributed by atoms with Crippen molar-refractivity contribution in [3.8, 4) is 0 Å². The highest BCUT2D eigenvalue weighted by atomic mass is 35.5. The van der Waals surface area contributed by atoms with Gasteiger partial charge in [0.05, 0.1) is 10.6 Å². The molecule has 0 N–H and O–H groups in total. The van der Waals surface area contributed by atoms with Crippen LogP contribution in [-0.2, 0) is 0 Å². The van der Waals surface area contributed by atoms with Gasteiger partial charge in [0.1, 0.15) is 5.02 Å². The first-order valence-electron chi connectivity index (χ1n) is 7.22. The molecule has 1 fully saturated rings. The van der Waals surface area contributed by atoms with Crippen molar-refractivity contribution in [3.05, 3.63) is 63.4 Å². The van der Waals surface area contributed by atoms with E-state index in [1.54, 1.807) is 35.5 Å². The van der Waals surface area contributed by atoms with E-state index in [1.165, 1.54) is 12.1 Å². The van der Waals surface area contributed by atoms with Gasteiger partial charge in [-0.2, -0.15) is 0 Å². The Morgan fingerprint density at radius 1 is 1.30 bits per heavy atom. The van der Waals surface area contributed by atoms with Gasteiger partial charge in [0, 0.05) is 30.6 Å². The van der Waals surface area contributed by atoms with Crippen molar-refractivity contribution in [2.75, 3.05) is 11.4 Å². The Morgan fingerprint density at radius 3 is 2.61 bits per heavy atom. The number of hydrogen-bond donors (Lipinski definition) is 0. The molecule has 0 spiro atoms. The number of nitrogens with zero attached hydrogens (tertiary/aromatic N) is 3. The zero-order valence-electron chi connectivity index (χ0n) is 12.2. The van der Waals surface area contributed by atoms with E-state index in [0.717, 1.165) is 12.8 Å². The van der Waals surface area contributed by atoms with Crippen LogP contribution in [0.25, 0.3) is 0 Å². The lowest BCUT2D eigenvalue weighted by atomic mass is 10.2. The van der Waals surface area contributed by atoms with Gasteiger partial charge in [-0.25, -0.2) is 0 Å². The Bertz CT molecular complexity index is 747. The lowest BCUT2D eigenvalue weighted by Crippen LogP contribution is -2.33. The summed E-state index contributed by atoms with van der Waals surface area (Å²) in [5.74, 6) is 0.242. The number of carbonyl (C=O) groups is 1. The number of rotatable bonds is 5. The highest BCUT2D eigenvalue weighted by molar-refractivity contribution is 6.32. The number of amides is 1. The normalized spacial score (nSPS) is 13.6. The number of nitro groups is 1. The van der Waals surface area contributed by atoms with Crippen molar-refractivity contribution in [3.63, 3.8) is 0 Å². The van der Waals surface area contributed by atoms with Crippen molar-refractivity contribution >= 4 is 28.9 Å². The number of hydrogen-bond acceptors (Lipinski definition) is 4. The predicted molar refractivity (Wildman–Crippen MR) is 86.7 cm³/mol. The molecule has 1 aliphatic carbocycles. The van der Waals surface area contributed by atoms with Crippen molar-refractivity contribution in [1.82, 2.24) is 4.98 Å². The number of benzene rings is 1. The molecule has 0 saturated heterocycles. The van der Waals surface area contributed by atoms with Crippen LogP contribution in [0.15, 0.2) is 42.7 Å². The Hall–Kier alpha value is -2.47. The molecule has 2 aromatic rings. The van der Waals surface area contributed by atoms with Gasteiger partial charge >= 0.3 is 0 Å². The molecule has 0 unspecified atom stereocenters. The number of nitro benzene ring substituents is 1. The average Bonchev–Trinajstić information content (AvgIpc) is 3.37. The Labute approximate surface area is 137 Å². The van der Waals surface area contributed by atoms with Crippen LogP contribution < -0.4 is 4.90 Å². The quantitative estimate of drug-likeness (QED) is 0.618. The van der Waals surface area contributed by atoms with Crippen LogP contribution in [0.2, 0.25) is 5.02 Å². The van der Waals surface area contributed by atoms with E-state index in [4.69, 9.17) is 11.6 Å². The Kier molecular flexibility index (Phi) is 4.25. The molecule has 1 saturated carbocycles. The second kappa shape index (κ2) is 6.34. The van der Waals surface area contributed by atoms with Crippen molar-refractivity contribution in [1.29, 1.82) is 0 Å². The van der Waals surface area contributed by atoms with E-state index in [1.807, 2.05) is 0 Å². The van der Waals surface area contributed by atoms with Gasteiger partial charge in [0.15, 0.2) is 0 Å². The number of pyridine rings is 1. The highest BCUT2D eigenvalue weighted by Gasteiger charge is 2.29. The second-order valence-electron chi connectivity index (χ2n) is 5.49. The zero-order valence-corrected chi connectivity index (χ0v) is 12.9. The maximum atomic E-state index is 12.8. The lowest BCUT2D eigenvalue weighted by molar-refractivity contribution is -0.384. The van der Waals surface area contributed by atoms with Crippen LogP contribution in [-0.4, -0.2) is 22.4 Å². The van der Waals surface area contributed by atoms with Crippen molar-refractivity contribution in [2.45, 2.75) is 12.8 Å². The predicted octanol–water partition coefficient (Wildman–Crippen LogP) is 3.70. The summed E-state index contributed by atoms with van der Waals surface area (Å²) in [6.07, 6.45) is 5.23. The fourth-order valence-corrected chi connectivity index (χ4v) is 2.51. The van der Waals surface area contributed by atoms with Crippen molar-refractivity contribution in [2.24, 2.45) is 5.92 Å². The summed E-state index contributed by atoms with van der Waals surface area (Å²) in [5, 5.41) is 11.1. The topological polar surface area (TPSA) is 76.3 Å². The fourth-order valence-electron chi connectivity index (χ4n) is 2.32. The summed E-state index contributed by atoms with van der Waals surface area (Å²) >= 11 is 5.86. The summed E-state index contributed by atoms with van der Waals surface area (Å²) in [4.78, 5) is 28.8. The third kappa shape index (κ3) is 3.48. The van der Waals surface area contributed by atoms with E-state index in [0.29, 0.717) is 23.7 Å². The van der Waals surface area contributed by atoms with E-state index in [2.05, 4.69) is 4.98 Å². The molecule has 3 rings (SSSR count). The van der Waals surface area contributed by atoms with Crippen LogP contribution in [0.4, 0.5) is 11.4 Å². The Balaban J connectivity index is 1.97. The van der Waals surface area contributed by atoms with Gasteiger partial charge in [-0.3, -0.25) is 19.9 Å². The van der Waals surface area contributed by atoms with E-state index in [-0.39, 0.29) is 16.6 Å². The van der Waals surface area contributed by atoms with E-state index in [9.17, 15) is 14.9 Å². The molecule has 1 heterocycles. The first-order chi connectivity index (χ1) is 11.1. The number of aromatic nitrogens is 1. The summed E-state index contributed by atoms with van der Waals surface area (Å²) in [5.41, 5.74) is 0.778. The molecule has 1 aliphatic rings. The van der Waals surface area contributed by atoms with Gasteiger partial charge in [-0.15, -0.1) is 0 Å². The largest absolute Gasteiger partial charge is 0.308 e. The minimum atomic E-state index is -0.544. The number of anilines is 1. The molecular weight excluding hydrogens is 318 g/mol. The van der Waals surface area contributed by atoms with Gasteiger partial charge in [0.25, 0.3) is 11.6 Å². The standard InChI is InChI=1S/C16H14ClN3O3/c17-14-4-3-13(9-15(14)20(22)23)19(10-11-1-2-11)16(21)12-5-7-18-8-6-12/h3-9,11H,1-2,10H2. The molecule has 23 heavy (non-hydrogen) atoms. The second-order valence-corrected chi connectivity index (χ2v) is 5.90. The van der Waals surface area contributed by atoms with E-state index >= 15 is 0 Å². The zero-order chi connectivity index (χ0) is 16.4. The fraction of sp³-hybridized carbons (Fsp3) is 0.250. The monoisotopic (exact) mass is 331 g/mol. The maximum absolute atomic E-state index is 12.8. The van der Waals surface area contributed by atoms with Gasteiger partial charge in [-0.1, -0.05) is 11.6 Å². The summed E-state index contributed by atoms with van der Waals surface area (Å²) < 4.78 is 0. The smallest absolute Gasteiger partial charge is 0.289 e. The molecule has 0 atom stereocenters. The SMILES string of the molecule is O=C(c1ccncc1)N(CC1CC1)c1ccc(Cl)c([N+](=O)[O-])c1. The number of halogens is 1. The summed E-state index contributed by atoms with van der Waals surface area (Å²) in [6, 6.07) is 7.70. The van der Waals surface area contributed by atoms with Crippen LogP contribution in [0.1, 0.15) is 23.2 Å². The minimum Gasteiger partial charge on any atom is -0.308 e. The third-order valence-corrected chi connectivity index (χ3v) is 4.07. The molecule has 0 bridgehead atoms. The molecule has 6 nitrogen and oxygen atoms in total. The molecule has 1 aromatic carbocycles. The van der Waals surface area contributed by atoms with Crippen molar-refractivity contribution < 1.29 is 9.72 Å². The summed E-state index contributed by atoms with van der Waals surface area (Å²) in [7, 11) is 0. The molecule has 1 aromatic heterocycles. The molecule has 0 radical (unpaired) electrons. The minimum absolute atomic E-state index is 0.0569. The van der Waals surface area contributed by atoms with E-state index < -0.39 is 4.92 Å². The van der Waals surface area contributed by atoms with Crippen LogP contribution in [0, 0.1) is 16.0 Å². The molecule has 118 valence electrons. The highest BCUT2D eigenvalue weighted by Crippen LogP contribution is 2.34. The van der Waals surface area contributed by atoms with Crippen LogP contribution in [0.5, 0.6) is 0 Å². The summed E-state index contributed by atoms with van der Waals surface area (Å²) in [6.45, 7) is 0.542. The van der Waals surface area contributed by atoms with Gasteiger partial charge in [-0.05, 0) is 43.0 Å². The first-order valence-corrected chi connectivity index (χ1v) is 7.60. The molecule has 1 amide bonds. The molecule has 0 aliphatic heterocycles. The maximum Gasteiger partial charge on any atom is 0.289 e. The Morgan fingerprint density at radius 2 is 2.00 bits per heavy atom. The average molecular weight is 332 g/mol. The van der Waals surface area contributed by atoms with Crippen LogP contribution >= 0.6 is 11.6 Å².